The van der Waals surface area contributed by atoms with Crippen LogP contribution in [0.2, 0.25) is 0 Å². The second-order valence-corrected chi connectivity index (χ2v) is 2.95. The predicted octanol–water partition coefficient (Wildman–Crippen LogP) is 0.832. The number of rotatable bonds is 2. The molecule has 4 heteroatoms. The Labute approximate surface area is 75.6 Å². The fourth-order valence-corrected chi connectivity index (χ4v) is 1.14. The molecule has 0 bridgehead atoms. The molecule has 0 saturated heterocycles. The third-order valence-electron chi connectivity index (χ3n) is 1.89. The van der Waals surface area contributed by atoms with Crippen LogP contribution in [0.15, 0.2) is 12.1 Å². The highest BCUT2D eigenvalue weighted by molar-refractivity contribution is 5.41. The molecule has 0 fully saturated rings. The average molecular weight is 185 g/mol. The lowest BCUT2D eigenvalue weighted by Gasteiger charge is -2.12. The van der Waals surface area contributed by atoms with Crippen molar-refractivity contribution in [3.63, 3.8) is 0 Å². The summed E-state index contributed by atoms with van der Waals surface area (Å²) in [4.78, 5) is 0. The van der Waals surface area contributed by atoms with Crippen molar-refractivity contribution in [3.05, 3.63) is 29.1 Å². The van der Waals surface area contributed by atoms with Crippen LogP contribution in [0.25, 0.3) is 0 Å². The zero-order chi connectivity index (χ0) is 10.0. The topological polar surface area (TPSA) is 66.5 Å². The first kappa shape index (κ1) is 9.95. The summed E-state index contributed by atoms with van der Waals surface area (Å²) in [6.07, 6.45) is 0. The number of phenols is 1. The normalized spacial score (nSPS) is 12.9. The van der Waals surface area contributed by atoms with Crippen LogP contribution in [0.4, 0.5) is 4.39 Å². The Hall–Kier alpha value is -1.13. The molecule has 0 saturated carbocycles. The zero-order valence-electron chi connectivity index (χ0n) is 7.29. The van der Waals surface area contributed by atoms with Crippen molar-refractivity contribution < 1.29 is 14.6 Å². The highest BCUT2D eigenvalue weighted by atomic mass is 19.1. The molecule has 0 aliphatic heterocycles. The van der Waals surface area contributed by atoms with Gasteiger partial charge in [-0.2, -0.15) is 0 Å². The number of hydrogen-bond donors (Lipinski definition) is 3. The molecular formula is C9H12FNO2. The van der Waals surface area contributed by atoms with Crippen molar-refractivity contribution in [1.82, 2.24) is 0 Å². The molecule has 1 rings (SSSR count). The van der Waals surface area contributed by atoms with Crippen LogP contribution >= 0.6 is 0 Å². The van der Waals surface area contributed by atoms with Gasteiger partial charge in [0, 0.05) is 5.56 Å². The Kier molecular flexibility index (Phi) is 2.85. The van der Waals surface area contributed by atoms with E-state index in [0.29, 0.717) is 5.56 Å². The molecule has 0 aliphatic carbocycles. The summed E-state index contributed by atoms with van der Waals surface area (Å²) >= 11 is 0. The number of nitrogens with two attached hydrogens (primary N) is 1. The molecule has 4 N–H and O–H groups in total. The van der Waals surface area contributed by atoms with E-state index < -0.39 is 11.9 Å². The fourth-order valence-electron chi connectivity index (χ4n) is 1.14. The molecule has 0 aliphatic rings. The standard InChI is InChI=1S/C9H12FNO2/c1-5-2-6(10)3-7(9(5)13)8(11)4-12/h2-3,8,12-13H,4,11H2,1H3/t8-/m1/s1. The van der Waals surface area contributed by atoms with Gasteiger partial charge in [0.1, 0.15) is 11.6 Å². The van der Waals surface area contributed by atoms with Gasteiger partial charge in [-0.3, -0.25) is 0 Å². The summed E-state index contributed by atoms with van der Waals surface area (Å²) in [6.45, 7) is 1.25. The Bertz CT molecular complexity index is 315. The molecule has 0 amide bonds. The van der Waals surface area contributed by atoms with E-state index in [9.17, 15) is 9.50 Å². The molecule has 13 heavy (non-hydrogen) atoms. The quantitative estimate of drug-likeness (QED) is 0.639. The van der Waals surface area contributed by atoms with Crippen LogP contribution in [0.3, 0.4) is 0 Å². The first-order chi connectivity index (χ1) is 6.06. The van der Waals surface area contributed by atoms with Crippen molar-refractivity contribution in [2.75, 3.05) is 6.61 Å². The molecule has 0 aromatic heterocycles. The minimum absolute atomic E-state index is 0.0528. The number of halogens is 1. The van der Waals surface area contributed by atoms with Gasteiger partial charge in [0.25, 0.3) is 0 Å². The van der Waals surface area contributed by atoms with Crippen molar-refractivity contribution in [3.8, 4) is 5.75 Å². The van der Waals surface area contributed by atoms with E-state index >= 15 is 0 Å². The van der Waals surface area contributed by atoms with Gasteiger partial charge in [0.05, 0.1) is 12.6 Å². The molecule has 1 aromatic carbocycles. The van der Waals surface area contributed by atoms with E-state index in [1.165, 1.54) is 6.07 Å². The minimum Gasteiger partial charge on any atom is -0.507 e. The average Bonchev–Trinajstić information content (AvgIpc) is 2.10. The van der Waals surface area contributed by atoms with Crippen LogP contribution < -0.4 is 5.73 Å². The van der Waals surface area contributed by atoms with Crippen LogP contribution in [-0.2, 0) is 0 Å². The number of phenolic OH excluding ortho intramolecular Hbond substituents is 1. The van der Waals surface area contributed by atoms with E-state index in [0.717, 1.165) is 6.07 Å². The Morgan fingerprint density at radius 2 is 2.15 bits per heavy atom. The monoisotopic (exact) mass is 185 g/mol. The summed E-state index contributed by atoms with van der Waals surface area (Å²) in [7, 11) is 0. The summed E-state index contributed by atoms with van der Waals surface area (Å²) in [5.41, 5.74) is 6.11. The van der Waals surface area contributed by atoms with Crippen LogP contribution in [-0.4, -0.2) is 16.8 Å². The van der Waals surface area contributed by atoms with Crippen LogP contribution in [0.5, 0.6) is 5.75 Å². The number of aryl methyl sites for hydroxylation is 1. The number of aliphatic hydroxyl groups excluding tert-OH is 1. The molecule has 1 aromatic rings. The van der Waals surface area contributed by atoms with Gasteiger partial charge in [0.15, 0.2) is 0 Å². The number of benzene rings is 1. The minimum atomic E-state index is -0.741. The maximum Gasteiger partial charge on any atom is 0.124 e. The van der Waals surface area contributed by atoms with E-state index in [2.05, 4.69) is 0 Å². The smallest absolute Gasteiger partial charge is 0.124 e. The number of aromatic hydroxyl groups is 1. The Morgan fingerprint density at radius 1 is 1.54 bits per heavy atom. The summed E-state index contributed by atoms with van der Waals surface area (Å²) in [5, 5.41) is 18.2. The zero-order valence-corrected chi connectivity index (χ0v) is 7.29. The first-order valence-electron chi connectivity index (χ1n) is 3.91. The lowest BCUT2D eigenvalue weighted by molar-refractivity contribution is 0.265. The van der Waals surface area contributed by atoms with E-state index in [1.54, 1.807) is 6.92 Å². The van der Waals surface area contributed by atoms with E-state index in [1.807, 2.05) is 0 Å². The lowest BCUT2D eigenvalue weighted by atomic mass is 10.0. The maximum absolute atomic E-state index is 12.9. The third-order valence-corrected chi connectivity index (χ3v) is 1.89. The molecule has 0 radical (unpaired) electrons. The SMILES string of the molecule is Cc1cc(F)cc([C@H](N)CO)c1O. The highest BCUT2D eigenvalue weighted by Crippen LogP contribution is 2.27. The van der Waals surface area contributed by atoms with Crippen molar-refractivity contribution >= 4 is 0 Å². The molecule has 72 valence electrons. The van der Waals surface area contributed by atoms with Gasteiger partial charge in [-0.25, -0.2) is 4.39 Å². The molecule has 0 heterocycles. The molecular weight excluding hydrogens is 173 g/mol. The largest absolute Gasteiger partial charge is 0.507 e. The van der Waals surface area contributed by atoms with Gasteiger partial charge in [-0.15, -0.1) is 0 Å². The summed E-state index contributed by atoms with van der Waals surface area (Å²) in [6, 6.07) is 1.60. The molecule has 0 unspecified atom stereocenters. The van der Waals surface area contributed by atoms with Gasteiger partial charge in [0.2, 0.25) is 0 Å². The van der Waals surface area contributed by atoms with Gasteiger partial charge in [-0.05, 0) is 24.6 Å². The Balaban J connectivity index is 3.20. The van der Waals surface area contributed by atoms with Crippen LogP contribution in [0.1, 0.15) is 17.2 Å². The lowest BCUT2D eigenvalue weighted by Crippen LogP contribution is -2.15. The van der Waals surface area contributed by atoms with Crippen molar-refractivity contribution in [2.24, 2.45) is 5.73 Å². The summed E-state index contributed by atoms with van der Waals surface area (Å²) in [5.74, 6) is -0.517. The predicted molar refractivity (Wildman–Crippen MR) is 46.8 cm³/mol. The number of aliphatic hydroxyl groups is 1. The third kappa shape index (κ3) is 1.96. The fraction of sp³-hybridized carbons (Fsp3) is 0.333. The second kappa shape index (κ2) is 3.72. The maximum atomic E-state index is 12.9. The number of hydrogen-bond acceptors (Lipinski definition) is 3. The first-order valence-corrected chi connectivity index (χ1v) is 3.91. The molecule has 0 spiro atoms. The molecule has 1 atom stereocenters. The van der Waals surface area contributed by atoms with Gasteiger partial charge >= 0.3 is 0 Å². The van der Waals surface area contributed by atoms with Crippen LogP contribution in [0, 0.1) is 12.7 Å². The van der Waals surface area contributed by atoms with Gasteiger partial charge < -0.3 is 15.9 Å². The van der Waals surface area contributed by atoms with Crippen molar-refractivity contribution in [2.45, 2.75) is 13.0 Å². The molecule has 3 nitrogen and oxygen atoms in total. The van der Waals surface area contributed by atoms with Gasteiger partial charge in [-0.1, -0.05) is 0 Å². The van der Waals surface area contributed by atoms with Crippen molar-refractivity contribution in [1.29, 1.82) is 0 Å². The van der Waals surface area contributed by atoms with E-state index in [4.69, 9.17) is 10.8 Å². The Morgan fingerprint density at radius 3 is 2.69 bits per heavy atom. The van der Waals surface area contributed by atoms with E-state index in [-0.39, 0.29) is 17.9 Å². The highest BCUT2D eigenvalue weighted by Gasteiger charge is 2.13. The summed E-state index contributed by atoms with van der Waals surface area (Å²) < 4.78 is 12.9. The second-order valence-electron chi connectivity index (χ2n) is 2.95.